The minimum Gasteiger partial charge on any atom is -0.335 e. The molecule has 0 aliphatic heterocycles. The topological polar surface area (TPSA) is 55.7 Å². The summed E-state index contributed by atoms with van der Waals surface area (Å²) < 4.78 is 0. The fraction of sp³-hybridized carbons (Fsp3) is 0.125. The van der Waals surface area contributed by atoms with Crippen LogP contribution in [0.1, 0.15) is 5.82 Å². The lowest BCUT2D eigenvalue weighted by Gasteiger charge is -1.82. The number of H-pyrrole nitrogens is 2. The molecule has 60 valence electrons. The molecule has 0 aromatic carbocycles. The van der Waals surface area contributed by atoms with Crippen molar-refractivity contribution in [2.24, 2.45) is 0 Å². The summed E-state index contributed by atoms with van der Waals surface area (Å²) in [4.78, 5) is 14.3. The van der Waals surface area contributed by atoms with E-state index in [0.29, 0.717) is 0 Å². The zero-order valence-electron chi connectivity index (χ0n) is 6.54. The number of hydrogen-bond acceptors (Lipinski definition) is 2. The Hall–Kier alpha value is -1.71. The van der Waals surface area contributed by atoms with E-state index in [2.05, 4.69) is 26.5 Å². The van der Waals surface area contributed by atoms with Gasteiger partial charge in [0, 0.05) is 6.42 Å². The fourth-order valence-electron chi connectivity index (χ4n) is 1.08. The maximum atomic E-state index is 4.24. The highest BCUT2D eigenvalue weighted by Gasteiger charge is 2.05. The summed E-state index contributed by atoms with van der Waals surface area (Å²) >= 11 is 0. The van der Waals surface area contributed by atoms with Gasteiger partial charge in [-0.25, -0.2) is 4.98 Å². The summed E-state index contributed by atoms with van der Waals surface area (Å²) in [5.41, 5.74) is 1.67. The van der Waals surface area contributed by atoms with Gasteiger partial charge in [0.15, 0.2) is 5.52 Å². The van der Waals surface area contributed by atoms with Crippen LogP contribution in [0.3, 0.4) is 0 Å². The molecule has 2 aromatic heterocycles. The van der Waals surface area contributed by atoms with Crippen LogP contribution in [0.4, 0.5) is 0 Å². The lowest BCUT2D eigenvalue weighted by molar-refractivity contribution is -0.380. The van der Waals surface area contributed by atoms with Gasteiger partial charge in [-0.3, -0.25) is 0 Å². The number of allylic oxidation sites excluding steroid dienone is 1. The SMILES string of the molecule is C=CCc1nc2nc[nH+]cc2[nH]1. The summed E-state index contributed by atoms with van der Waals surface area (Å²) in [6.45, 7) is 3.64. The van der Waals surface area contributed by atoms with E-state index in [1.165, 1.54) is 0 Å². The van der Waals surface area contributed by atoms with Gasteiger partial charge in [-0.2, -0.15) is 4.98 Å². The van der Waals surface area contributed by atoms with E-state index >= 15 is 0 Å². The molecule has 0 aliphatic carbocycles. The molecule has 0 saturated carbocycles. The molecule has 0 aliphatic rings. The Morgan fingerprint density at radius 1 is 1.67 bits per heavy atom. The summed E-state index contributed by atoms with van der Waals surface area (Å²) in [6, 6.07) is 0. The zero-order valence-corrected chi connectivity index (χ0v) is 6.54. The highest BCUT2D eigenvalue weighted by Crippen LogP contribution is 2.04. The van der Waals surface area contributed by atoms with Crippen molar-refractivity contribution >= 4 is 11.2 Å². The molecule has 0 fully saturated rings. The minimum absolute atomic E-state index is 0.741. The molecule has 0 amide bonds. The van der Waals surface area contributed by atoms with E-state index in [9.17, 15) is 0 Å². The lowest BCUT2D eigenvalue weighted by Crippen LogP contribution is -1.99. The Morgan fingerprint density at radius 2 is 2.58 bits per heavy atom. The first kappa shape index (κ1) is 6.97. The maximum Gasteiger partial charge on any atom is 0.295 e. The Bertz CT molecular complexity index is 371. The van der Waals surface area contributed by atoms with E-state index in [-0.39, 0.29) is 0 Å². The smallest absolute Gasteiger partial charge is 0.295 e. The molecule has 4 nitrogen and oxygen atoms in total. The second-order valence-electron chi connectivity index (χ2n) is 2.48. The predicted octanol–water partition coefficient (Wildman–Crippen LogP) is 0.500. The van der Waals surface area contributed by atoms with Crippen molar-refractivity contribution in [1.82, 2.24) is 15.0 Å². The third kappa shape index (κ3) is 1.07. The van der Waals surface area contributed by atoms with Crippen molar-refractivity contribution in [3.05, 3.63) is 31.0 Å². The van der Waals surface area contributed by atoms with E-state index in [0.717, 1.165) is 23.4 Å². The van der Waals surface area contributed by atoms with Crippen LogP contribution in [0, 0.1) is 0 Å². The number of hydrogen-bond donors (Lipinski definition) is 1. The average Bonchev–Trinajstić information content (AvgIpc) is 2.47. The van der Waals surface area contributed by atoms with Crippen molar-refractivity contribution in [1.29, 1.82) is 0 Å². The third-order valence-corrected chi connectivity index (χ3v) is 1.59. The van der Waals surface area contributed by atoms with Crippen molar-refractivity contribution in [2.75, 3.05) is 0 Å². The monoisotopic (exact) mass is 161 g/mol. The van der Waals surface area contributed by atoms with Crippen LogP contribution in [0.15, 0.2) is 25.2 Å². The molecule has 2 N–H and O–H groups in total. The summed E-state index contributed by atoms with van der Waals surface area (Å²) in [5.74, 6) is 0.895. The van der Waals surface area contributed by atoms with Crippen LogP contribution >= 0.6 is 0 Å². The first-order valence-electron chi connectivity index (χ1n) is 3.72. The number of nitrogens with zero attached hydrogens (tertiary/aromatic N) is 2. The highest BCUT2D eigenvalue weighted by molar-refractivity contribution is 5.67. The minimum atomic E-state index is 0.741. The average molecular weight is 161 g/mol. The normalized spacial score (nSPS) is 10.3. The zero-order chi connectivity index (χ0) is 8.39. The maximum absolute atomic E-state index is 4.24. The molecule has 2 aromatic rings. The molecule has 0 unspecified atom stereocenters. The molecular weight excluding hydrogens is 152 g/mol. The van der Waals surface area contributed by atoms with Crippen LogP contribution in [-0.2, 0) is 6.42 Å². The number of aromatic nitrogens is 4. The number of aromatic amines is 2. The Balaban J connectivity index is 2.54. The van der Waals surface area contributed by atoms with Gasteiger partial charge < -0.3 is 4.98 Å². The predicted molar refractivity (Wildman–Crippen MR) is 44.3 cm³/mol. The van der Waals surface area contributed by atoms with Crippen LogP contribution in [-0.4, -0.2) is 15.0 Å². The Labute approximate surface area is 69.4 Å². The van der Waals surface area contributed by atoms with Crippen molar-refractivity contribution < 1.29 is 4.98 Å². The van der Waals surface area contributed by atoms with Crippen LogP contribution in [0.5, 0.6) is 0 Å². The molecule has 4 heteroatoms. The van der Waals surface area contributed by atoms with Gasteiger partial charge in [0.2, 0.25) is 0 Å². The quantitative estimate of drug-likeness (QED) is 0.652. The summed E-state index contributed by atoms with van der Waals surface area (Å²) in [5, 5.41) is 0. The van der Waals surface area contributed by atoms with Gasteiger partial charge in [-0.1, -0.05) is 6.08 Å². The van der Waals surface area contributed by atoms with Crippen molar-refractivity contribution in [3.63, 3.8) is 0 Å². The van der Waals surface area contributed by atoms with E-state index in [4.69, 9.17) is 0 Å². The van der Waals surface area contributed by atoms with Crippen molar-refractivity contribution in [3.8, 4) is 0 Å². The standard InChI is InChI=1S/C8H8N4/c1-2-3-7-11-6-4-9-5-10-8(6)12-7/h2,4-5H,1,3H2,(H,9,10,11,12)/p+1. The fourth-order valence-corrected chi connectivity index (χ4v) is 1.08. The molecule has 2 heterocycles. The molecule has 0 atom stereocenters. The van der Waals surface area contributed by atoms with Gasteiger partial charge in [0.25, 0.3) is 12.0 Å². The first-order valence-corrected chi connectivity index (χ1v) is 3.72. The molecule has 0 bridgehead atoms. The van der Waals surface area contributed by atoms with Crippen molar-refractivity contribution in [2.45, 2.75) is 6.42 Å². The summed E-state index contributed by atoms with van der Waals surface area (Å²) in [6.07, 6.45) is 6.00. The number of rotatable bonds is 2. The Morgan fingerprint density at radius 3 is 3.33 bits per heavy atom. The van der Waals surface area contributed by atoms with Crippen LogP contribution in [0.25, 0.3) is 11.2 Å². The summed E-state index contributed by atoms with van der Waals surface area (Å²) in [7, 11) is 0. The Kier molecular flexibility index (Phi) is 1.59. The molecule has 0 radical (unpaired) electrons. The lowest BCUT2D eigenvalue weighted by atomic mass is 10.4. The first-order chi connectivity index (χ1) is 5.90. The second-order valence-corrected chi connectivity index (χ2v) is 2.48. The highest BCUT2D eigenvalue weighted by atomic mass is 15.0. The van der Waals surface area contributed by atoms with Gasteiger partial charge in [-0.15, -0.1) is 6.58 Å². The number of nitrogens with one attached hydrogen (secondary N) is 2. The second kappa shape index (κ2) is 2.73. The molecule has 12 heavy (non-hydrogen) atoms. The van der Waals surface area contributed by atoms with Gasteiger partial charge in [-0.05, 0) is 4.98 Å². The van der Waals surface area contributed by atoms with Gasteiger partial charge in [0.05, 0.1) is 0 Å². The van der Waals surface area contributed by atoms with Gasteiger partial charge in [0.1, 0.15) is 12.0 Å². The molecule has 0 spiro atoms. The van der Waals surface area contributed by atoms with E-state index in [1.54, 1.807) is 12.4 Å². The largest absolute Gasteiger partial charge is 0.335 e. The molecular formula is C8H9N4+. The molecule has 0 saturated heterocycles. The van der Waals surface area contributed by atoms with Gasteiger partial charge >= 0.3 is 0 Å². The number of imidazole rings is 1. The van der Waals surface area contributed by atoms with E-state index < -0.39 is 0 Å². The third-order valence-electron chi connectivity index (χ3n) is 1.59. The molecule has 2 rings (SSSR count). The van der Waals surface area contributed by atoms with Crippen LogP contribution < -0.4 is 4.98 Å². The number of fused-ring (bicyclic) bond motifs is 1. The van der Waals surface area contributed by atoms with E-state index in [1.807, 2.05) is 6.20 Å². The van der Waals surface area contributed by atoms with Crippen LogP contribution in [0.2, 0.25) is 0 Å².